The maximum absolute atomic E-state index is 11.4. The quantitative estimate of drug-likeness (QED) is 0.404. The van der Waals surface area contributed by atoms with Crippen LogP contribution in [0, 0.1) is 0 Å². The van der Waals surface area contributed by atoms with Crippen molar-refractivity contribution in [3.05, 3.63) is 83.7 Å². The molecule has 2 bridgehead atoms. The van der Waals surface area contributed by atoms with Gasteiger partial charge in [0.1, 0.15) is 17.1 Å². The van der Waals surface area contributed by atoms with Crippen molar-refractivity contribution in [2.75, 3.05) is 25.1 Å². The van der Waals surface area contributed by atoms with Crippen molar-refractivity contribution in [2.45, 2.75) is 38.0 Å². The van der Waals surface area contributed by atoms with Gasteiger partial charge in [-0.15, -0.1) is 0 Å². The fourth-order valence-corrected chi connectivity index (χ4v) is 5.95. The molecule has 2 aliphatic rings. The van der Waals surface area contributed by atoms with E-state index >= 15 is 0 Å². The van der Waals surface area contributed by atoms with Gasteiger partial charge in [-0.05, 0) is 60.4 Å². The molecule has 2 aliphatic heterocycles. The number of carbonyl (C=O) groups excluding carboxylic acids is 1. The van der Waals surface area contributed by atoms with Crippen molar-refractivity contribution in [1.29, 1.82) is 0 Å². The molecule has 37 heavy (non-hydrogen) atoms. The van der Waals surface area contributed by atoms with Crippen LogP contribution in [0.1, 0.15) is 34.3 Å². The Labute approximate surface area is 215 Å². The third-order valence-corrected chi connectivity index (χ3v) is 7.82. The van der Waals surface area contributed by atoms with Crippen LogP contribution in [0.4, 0.5) is 5.69 Å². The molecule has 0 radical (unpaired) electrons. The number of pyridine rings is 1. The van der Waals surface area contributed by atoms with Gasteiger partial charge < -0.3 is 25.0 Å². The molecule has 2 saturated heterocycles. The molecule has 0 spiro atoms. The summed E-state index contributed by atoms with van der Waals surface area (Å²) in [6.45, 7) is 3.50. The zero-order valence-electron chi connectivity index (χ0n) is 20.9. The molecule has 0 aliphatic carbocycles. The highest BCUT2D eigenvalue weighted by molar-refractivity contribution is 5.95. The lowest BCUT2D eigenvalue weighted by Crippen LogP contribution is -2.53. The Kier molecular flexibility index (Phi) is 5.96. The topological polar surface area (TPSA) is 96.9 Å². The lowest BCUT2D eigenvalue weighted by atomic mass is 10.1. The molecule has 4 aromatic rings. The molecule has 1 amide bonds. The van der Waals surface area contributed by atoms with Gasteiger partial charge in [0.25, 0.3) is 5.91 Å². The van der Waals surface area contributed by atoms with Crippen molar-refractivity contribution in [1.82, 2.24) is 14.5 Å². The van der Waals surface area contributed by atoms with Crippen LogP contribution in [0.15, 0.2) is 67.0 Å². The minimum atomic E-state index is -0.639. The summed E-state index contributed by atoms with van der Waals surface area (Å²) in [6, 6.07) is 18.7. The minimum Gasteiger partial charge on any atom is -0.507 e. The van der Waals surface area contributed by atoms with E-state index in [0.717, 1.165) is 42.0 Å². The van der Waals surface area contributed by atoms with E-state index in [1.165, 1.54) is 24.1 Å². The molecule has 8 nitrogen and oxygen atoms in total. The van der Waals surface area contributed by atoms with Crippen LogP contribution in [0.5, 0.6) is 11.5 Å². The molecule has 6 rings (SSSR count). The predicted molar refractivity (Wildman–Crippen MR) is 143 cm³/mol. The number of primary amides is 1. The van der Waals surface area contributed by atoms with Gasteiger partial charge in [0.2, 0.25) is 0 Å². The number of methoxy groups -OCH3 is 1. The molecule has 4 heterocycles. The Morgan fingerprint density at radius 3 is 2.43 bits per heavy atom. The molecule has 2 unspecified atom stereocenters. The standard InChI is InChI=1S/C29H31N5O3/c1-37-23-7-2-19(3-8-23)16-34-21-5-6-22(34)18-33(17-21)26-10-12-31-29-24(26)11-13-32(29)15-20-4-9-25(28(30)36)27(35)14-20/h2-4,7-14,21-22,35H,5-6,15-18H2,1H3,(H2,30,36). The van der Waals surface area contributed by atoms with Crippen molar-refractivity contribution in [3.8, 4) is 11.5 Å². The molecule has 2 atom stereocenters. The fourth-order valence-electron chi connectivity index (χ4n) is 5.95. The summed E-state index contributed by atoms with van der Waals surface area (Å²) in [6.07, 6.45) is 6.36. The van der Waals surface area contributed by atoms with E-state index < -0.39 is 5.91 Å². The molecule has 0 saturated carbocycles. The van der Waals surface area contributed by atoms with E-state index in [0.29, 0.717) is 18.6 Å². The Hall–Kier alpha value is -4.04. The van der Waals surface area contributed by atoms with Crippen LogP contribution >= 0.6 is 0 Å². The van der Waals surface area contributed by atoms with Crippen LogP contribution < -0.4 is 15.4 Å². The molecule has 8 heteroatoms. The molecular weight excluding hydrogens is 466 g/mol. The number of amides is 1. The maximum atomic E-state index is 11.4. The van der Waals surface area contributed by atoms with E-state index in [-0.39, 0.29) is 11.3 Å². The van der Waals surface area contributed by atoms with Crippen molar-refractivity contribution in [3.63, 3.8) is 0 Å². The van der Waals surface area contributed by atoms with Gasteiger partial charge in [0.05, 0.1) is 12.7 Å². The zero-order chi connectivity index (χ0) is 25.5. The number of piperazine rings is 1. The number of hydrogen-bond donors (Lipinski definition) is 2. The first-order chi connectivity index (χ1) is 18.0. The van der Waals surface area contributed by atoms with Crippen LogP contribution in [0.3, 0.4) is 0 Å². The number of anilines is 1. The van der Waals surface area contributed by atoms with Gasteiger partial charge in [0.15, 0.2) is 0 Å². The second-order valence-electron chi connectivity index (χ2n) is 10.0. The highest BCUT2D eigenvalue weighted by Gasteiger charge is 2.40. The number of ether oxygens (including phenoxy) is 1. The van der Waals surface area contributed by atoms with Crippen LogP contribution in [-0.2, 0) is 13.1 Å². The summed E-state index contributed by atoms with van der Waals surface area (Å²) in [5.74, 6) is 0.155. The number of nitrogens with zero attached hydrogens (tertiary/aromatic N) is 4. The second kappa shape index (κ2) is 9.44. The largest absolute Gasteiger partial charge is 0.507 e. The lowest BCUT2D eigenvalue weighted by Gasteiger charge is -2.42. The Morgan fingerprint density at radius 1 is 1.03 bits per heavy atom. The number of nitrogens with two attached hydrogens (primary N) is 1. The first-order valence-electron chi connectivity index (χ1n) is 12.7. The molecular formula is C29H31N5O3. The van der Waals surface area contributed by atoms with Crippen LogP contribution in [0.2, 0.25) is 0 Å². The monoisotopic (exact) mass is 497 g/mol. The number of aromatic hydroxyl groups is 1. The molecule has 2 fully saturated rings. The molecule has 2 aromatic carbocycles. The summed E-state index contributed by atoms with van der Waals surface area (Å²) in [5.41, 5.74) is 9.77. The molecule has 190 valence electrons. The summed E-state index contributed by atoms with van der Waals surface area (Å²) in [7, 11) is 1.70. The Balaban J connectivity index is 1.20. The number of carbonyl (C=O) groups is 1. The zero-order valence-corrected chi connectivity index (χ0v) is 20.9. The van der Waals surface area contributed by atoms with Gasteiger partial charge in [0, 0.05) is 61.7 Å². The number of fused-ring (bicyclic) bond motifs is 3. The third kappa shape index (κ3) is 4.38. The first kappa shape index (κ1) is 23.4. The van der Waals surface area contributed by atoms with Gasteiger partial charge >= 0.3 is 0 Å². The molecule has 3 N–H and O–H groups in total. The number of aromatic nitrogens is 2. The van der Waals surface area contributed by atoms with Gasteiger partial charge in [-0.2, -0.15) is 0 Å². The van der Waals surface area contributed by atoms with Crippen LogP contribution in [-0.4, -0.2) is 57.7 Å². The number of phenols is 1. The highest BCUT2D eigenvalue weighted by atomic mass is 16.5. The van der Waals surface area contributed by atoms with E-state index in [1.807, 2.05) is 30.6 Å². The fraction of sp³-hybridized carbons (Fsp3) is 0.310. The van der Waals surface area contributed by atoms with E-state index in [4.69, 9.17) is 10.5 Å². The van der Waals surface area contributed by atoms with Crippen molar-refractivity contribution < 1.29 is 14.6 Å². The average molecular weight is 498 g/mol. The minimum absolute atomic E-state index is 0.0990. The van der Waals surface area contributed by atoms with E-state index in [9.17, 15) is 9.90 Å². The lowest BCUT2D eigenvalue weighted by molar-refractivity contribution is 0.0997. The van der Waals surface area contributed by atoms with Crippen molar-refractivity contribution in [2.24, 2.45) is 5.73 Å². The Bertz CT molecular complexity index is 1430. The smallest absolute Gasteiger partial charge is 0.252 e. The summed E-state index contributed by atoms with van der Waals surface area (Å²) in [4.78, 5) is 21.3. The maximum Gasteiger partial charge on any atom is 0.252 e. The van der Waals surface area contributed by atoms with Crippen molar-refractivity contribution >= 4 is 22.6 Å². The number of rotatable bonds is 7. The van der Waals surface area contributed by atoms with Crippen LogP contribution in [0.25, 0.3) is 11.0 Å². The highest BCUT2D eigenvalue weighted by Crippen LogP contribution is 2.36. The van der Waals surface area contributed by atoms with Gasteiger partial charge in [-0.25, -0.2) is 4.98 Å². The Morgan fingerprint density at radius 2 is 1.76 bits per heavy atom. The number of hydrogen-bond acceptors (Lipinski definition) is 6. The second-order valence-corrected chi connectivity index (χ2v) is 10.0. The summed E-state index contributed by atoms with van der Waals surface area (Å²) in [5, 5.41) is 11.3. The first-order valence-corrected chi connectivity index (χ1v) is 12.7. The van der Waals surface area contributed by atoms with E-state index in [2.05, 4.69) is 43.6 Å². The molecule has 2 aromatic heterocycles. The van der Waals surface area contributed by atoms with Gasteiger partial charge in [-0.1, -0.05) is 18.2 Å². The third-order valence-electron chi connectivity index (χ3n) is 7.82. The van der Waals surface area contributed by atoms with Gasteiger partial charge in [-0.3, -0.25) is 9.69 Å². The predicted octanol–water partition coefficient (Wildman–Crippen LogP) is 3.75. The summed E-state index contributed by atoms with van der Waals surface area (Å²) < 4.78 is 7.39. The average Bonchev–Trinajstić information content (AvgIpc) is 3.40. The van der Waals surface area contributed by atoms with E-state index in [1.54, 1.807) is 19.2 Å². The number of benzene rings is 2. The normalized spacial score (nSPS) is 19.4. The summed E-state index contributed by atoms with van der Waals surface area (Å²) >= 11 is 0. The SMILES string of the molecule is COc1ccc(CN2C3CCC2CN(c2ccnc4c2ccn4Cc2ccc(C(N)=O)c(O)c2)C3)cc1.